The summed E-state index contributed by atoms with van der Waals surface area (Å²) in [6.07, 6.45) is 2.65. The molecule has 0 aliphatic carbocycles. The fourth-order valence-corrected chi connectivity index (χ4v) is 4.40. The van der Waals surface area contributed by atoms with Gasteiger partial charge in [0.05, 0.1) is 11.9 Å². The van der Waals surface area contributed by atoms with Crippen LogP contribution in [0.4, 0.5) is 4.79 Å². The normalized spacial score (nSPS) is 15.0. The molecular weight excluding hydrogens is 472 g/mol. The molecule has 1 amide bonds. The highest BCUT2D eigenvalue weighted by atomic mass is 35.5. The molecule has 3 aromatic heterocycles. The number of aromatic nitrogens is 5. The average Bonchev–Trinajstić information content (AvgIpc) is 3.45. The van der Waals surface area contributed by atoms with Crippen molar-refractivity contribution in [3.63, 3.8) is 0 Å². The summed E-state index contributed by atoms with van der Waals surface area (Å²) in [5.74, 6) is 0.605. The van der Waals surface area contributed by atoms with Crippen molar-refractivity contribution in [2.75, 3.05) is 13.1 Å². The second-order valence-corrected chi connectivity index (χ2v) is 9.98. The first-order chi connectivity index (χ1) is 16.7. The zero-order valence-corrected chi connectivity index (χ0v) is 20.4. The molecule has 0 radical (unpaired) electrons. The van der Waals surface area contributed by atoms with Crippen molar-refractivity contribution in [1.82, 2.24) is 29.7 Å². The Morgan fingerprint density at radius 3 is 2.63 bits per heavy atom. The van der Waals surface area contributed by atoms with Crippen molar-refractivity contribution in [1.29, 1.82) is 0 Å². The molecule has 5 rings (SSSR count). The molecule has 182 valence electrons. The molecule has 1 N–H and O–H groups in total. The molecule has 1 aliphatic rings. The van der Waals surface area contributed by atoms with E-state index in [1.807, 2.05) is 26.8 Å². The first kappa shape index (κ1) is 23.1. The Bertz CT molecular complexity index is 1440. The quantitative estimate of drug-likeness (QED) is 0.443. The lowest BCUT2D eigenvalue weighted by Gasteiger charge is -2.33. The van der Waals surface area contributed by atoms with Crippen molar-refractivity contribution >= 4 is 23.3 Å². The number of rotatable bonds is 3. The summed E-state index contributed by atoms with van der Waals surface area (Å²) in [6.45, 7) is 6.62. The number of halogens is 1. The van der Waals surface area contributed by atoms with E-state index in [0.717, 1.165) is 5.69 Å². The largest absolute Gasteiger partial charge is 0.444 e. The minimum atomic E-state index is -0.542. The van der Waals surface area contributed by atoms with Crippen LogP contribution in [0.3, 0.4) is 0 Å². The Labute approximate surface area is 205 Å². The average molecular weight is 497 g/mol. The lowest BCUT2D eigenvalue weighted by atomic mass is 9.93. The third kappa shape index (κ3) is 4.79. The van der Waals surface area contributed by atoms with Gasteiger partial charge in [-0.1, -0.05) is 17.7 Å². The first-order valence-electron chi connectivity index (χ1n) is 11.4. The molecule has 1 fully saturated rings. The number of fused-ring (bicyclic) bond motifs is 1. The molecule has 0 bridgehead atoms. The number of benzene rings is 1. The summed E-state index contributed by atoms with van der Waals surface area (Å²) in [7, 11) is 0. The van der Waals surface area contributed by atoms with Gasteiger partial charge in [0, 0.05) is 35.7 Å². The van der Waals surface area contributed by atoms with E-state index in [1.165, 1.54) is 0 Å². The van der Waals surface area contributed by atoms with E-state index in [9.17, 15) is 9.59 Å². The molecule has 4 aromatic rings. The van der Waals surface area contributed by atoms with Gasteiger partial charge in [-0.25, -0.2) is 9.31 Å². The summed E-state index contributed by atoms with van der Waals surface area (Å²) in [5.41, 5.74) is 1.67. The summed E-state index contributed by atoms with van der Waals surface area (Å²) in [6, 6.07) is 8.68. The second-order valence-electron chi connectivity index (χ2n) is 9.54. The second kappa shape index (κ2) is 8.84. The van der Waals surface area contributed by atoms with Gasteiger partial charge >= 0.3 is 6.09 Å². The Morgan fingerprint density at radius 1 is 1.17 bits per heavy atom. The Morgan fingerprint density at radius 2 is 1.91 bits per heavy atom. The molecule has 4 heterocycles. The van der Waals surface area contributed by atoms with E-state index < -0.39 is 5.60 Å². The van der Waals surface area contributed by atoms with E-state index in [4.69, 9.17) is 20.8 Å². The SMILES string of the molecule is CC(C)(C)OC(=O)N1CCC(c2cc(=O)[nH]c3c(-c4nnc(-c5cccc(Cl)c5)o4)cnn23)CC1. The predicted octanol–water partition coefficient (Wildman–Crippen LogP) is 4.51. The molecule has 0 spiro atoms. The van der Waals surface area contributed by atoms with E-state index >= 15 is 0 Å². The van der Waals surface area contributed by atoms with Gasteiger partial charge in [-0.05, 0) is 51.8 Å². The number of carbonyl (C=O) groups is 1. The number of amides is 1. The highest BCUT2D eigenvalue weighted by molar-refractivity contribution is 6.30. The fraction of sp³-hybridized carbons (Fsp3) is 0.375. The molecule has 10 nitrogen and oxygen atoms in total. The molecule has 1 aromatic carbocycles. The van der Waals surface area contributed by atoms with Crippen molar-refractivity contribution in [2.24, 2.45) is 0 Å². The zero-order valence-electron chi connectivity index (χ0n) is 19.6. The lowest BCUT2D eigenvalue weighted by molar-refractivity contribution is 0.0203. The van der Waals surface area contributed by atoms with Crippen molar-refractivity contribution in [3.05, 3.63) is 57.6 Å². The van der Waals surface area contributed by atoms with Crippen molar-refractivity contribution < 1.29 is 13.9 Å². The van der Waals surface area contributed by atoms with Crippen molar-refractivity contribution in [2.45, 2.75) is 45.1 Å². The van der Waals surface area contributed by atoms with Crippen LogP contribution >= 0.6 is 11.6 Å². The van der Waals surface area contributed by atoms with Crippen LogP contribution in [0.25, 0.3) is 28.6 Å². The number of nitrogens with one attached hydrogen (secondary N) is 1. The van der Waals surface area contributed by atoms with Gasteiger partial charge in [-0.3, -0.25) is 4.79 Å². The van der Waals surface area contributed by atoms with Crippen LogP contribution in [0.1, 0.15) is 45.2 Å². The van der Waals surface area contributed by atoms with Crippen LogP contribution in [0.2, 0.25) is 5.02 Å². The van der Waals surface area contributed by atoms with Crippen LogP contribution in [0, 0.1) is 0 Å². The number of nitrogens with zero attached hydrogens (tertiary/aromatic N) is 5. The van der Waals surface area contributed by atoms with Crippen LogP contribution in [0.15, 0.2) is 45.7 Å². The van der Waals surface area contributed by atoms with E-state index in [1.54, 1.807) is 39.9 Å². The third-order valence-electron chi connectivity index (χ3n) is 5.83. The molecular formula is C24H25ClN6O4. The Balaban J connectivity index is 1.41. The maximum atomic E-state index is 12.6. The van der Waals surface area contributed by atoms with Crippen LogP contribution in [-0.2, 0) is 4.74 Å². The minimum absolute atomic E-state index is 0.0518. The highest BCUT2D eigenvalue weighted by Crippen LogP contribution is 2.31. The van der Waals surface area contributed by atoms with Gasteiger partial charge in [-0.15, -0.1) is 10.2 Å². The van der Waals surface area contributed by atoms with Gasteiger partial charge in [0.25, 0.3) is 11.4 Å². The lowest BCUT2D eigenvalue weighted by Crippen LogP contribution is -2.41. The highest BCUT2D eigenvalue weighted by Gasteiger charge is 2.29. The summed E-state index contributed by atoms with van der Waals surface area (Å²) >= 11 is 6.07. The van der Waals surface area contributed by atoms with Crippen LogP contribution in [0.5, 0.6) is 0 Å². The van der Waals surface area contributed by atoms with Crippen molar-refractivity contribution in [3.8, 4) is 22.9 Å². The Kier molecular flexibility index (Phi) is 5.84. The standard InChI is InChI=1S/C24H25ClN6O4/c1-24(2,3)35-23(33)30-9-7-14(8-10-30)18-12-19(32)27-20-17(13-26-31(18)20)22-29-28-21(34-22)15-5-4-6-16(25)11-15/h4-6,11-14H,7-10H2,1-3H3,(H,27,32). The predicted molar refractivity (Wildman–Crippen MR) is 129 cm³/mol. The van der Waals surface area contributed by atoms with E-state index in [0.29, 0.717) is 53.6 Å². The summed E-state index contributed by atoms with van der Waals surface area (Å²) < 4.78 is 13.1. The number of likely N-dealkylation sites (tertiary alicyclic amines) is 1. The number of ether oxygens (including phenoxy) is 1. The molecule has 11 heteroatoms. The monoisotopic (exact) mass is 496 g/mol. The zero-order chi connectivity index (χ0) is 24.7. The van der Waals surface area contributed by atoms with Crippen LogP contribution < -0.4 is 5.56 Å². The molecule has 0 saturated carbocycles. The van der Waals surface area contributed by atoms with E-state index in [-0.39, 0.29) is 23.5 Å². The number of hydrogen-bond acceptors (Lipinski definition) is 7. The molecule has 1 saturated heterocycles. The van der Waals surface area contributed by atoms with Crippen LogP contribution in [-0.4, -0.2) is 54.5 Å². The smallest absolute Gasteiger partial charge is 0.410 e. The van der Waals surface area contributed by atoms with E-state index in [2.05, 4.69) is 20.3 Å². The fourth-order valence-electron chi connectivity index (χ4n) is 4.21. The minimum Gasteiger partial charge on any atom is -0.444 e. The maximum Gasteiger partial charge on any atom is 0.410 e. The third-order valence-corrected chi connectivity index (χ3v) is 6.06. The summed E-state index contributed by atoms with van der Waals surface area (Å²) in [4.78, 5) is 29.5. The molecule has 0 atom stereocenters. The molecule has 0 unspecified atom stereocenters. The maximum absolute atomic E-state index is 12.6. The number of aromatic amines is 1. The molecule has 35 heavy (non-hydrogen) atoms. The van der Waals surface area contributed by atoms with Gasteiger partial charge in [0.2, 0.25) is 5.89 Å². The van der Waals surface area contributed by atoms with Gasteiger partial charge in [0.15, 0.2) is 0 Å². The first-order valence-corrected chi connectivity index (χ1v) is 11.7. The Hall–Kier alpha value is -3.66. The van der Waals surface area contributed by atoms with Gasteiger partial charge in [0.1, 0.15) is 16.8 Å². The number of H-pyrrole nitrogens is 1. The van der Waals surface area contributed by atoms with Gasteiger partial charge < -0.3 is 19.0 Å². The number of carbonyl (C=O) groups excluding carboxylic acids is 1. The number of piperidine rings is 1. The van der Waals surface area contributed by atoms with Gasteiger partial charge in [-0.2, -0.15) is 5.10 Å². The topological polar surface area (TPSA) is 119 Å². The molecule has 1 aliphatic heterocycles. The summed E-state index contributed by atoms with van der Waals surface area (Å²) in [5, 5.41) is 13.3. The number of hydrogen-bond donors (Lipinski definition) is 1.